The van der Waals surface area contributed by atoms with Gasteiger partial charge in [0.2, 0.25) is 11.8 Å². The number of rotatable bonds is 4. The van der Waals surface area contributed by atoms with E-state index in [0.29, 0.717) is 5.56 Å². The summed E-state index contributed by atoms with van der Waals surface area (Å²) in [5, 5.41) is 17.9. The van der Waals surface area contributed by atoms with Crippen LogP contribution in [-0.2, 0) is 6.54 Å². The number of carbonyl (C=O) groups excluding carboxylic acids is 1. The van der Waals surface area contributed by atoms with E-state index in [2.05, 4.69) is 15.5 Å². The standard InChI is InChI=1S/C18H16F4N4O4/c19-13(20)15-25-24-14(30-15)8-1-2-9-7-26(16(27)10(9)5-8)12-3-4-18(21,22)6-11(12)23-17(28)29/h1-2,5,11-13,23H,3-4,6-7H2,(H,28,29)/t11-,12-/m1/s1. The van der Waals surface area contributed by atoms with Crippen LogP contribution in [0.1, 0.15) is 47.5 Å². The van der Waals surface area contributed by atoms with E-state index < -0.39 is 55.2 Å². The fourth-order valence-corrected chi connectivity index (χ4v) is 3.96. The van der Waals surface area contributed by atoms with Gasteiger partial charge in [-0.2, -0.15) is 8.78 Å². The molecule has 1 saturated carbocycles. The van der Waals surface area contributed by atoms with Gasteiger partial charge in [-0.1, -0.05) is 6.07 Å². The number of amides is 2. The largest absolute Gasteiger partial charge is 0.465 e. The number of carboxylic acid groups (broad SMARTS) is 1. The van der Waals surface area contributed by atoms with Crippen LogP contribution in [0.3, 0.4) is 0 Å². The predicted octanol–water partition coefficient (Wildman–Crippen LogP) is 3.45. The minimum absolute atomic E-state index is 0.0636. The minimum Gasteiger partial charge on any atom is -0.465 e. The van der Waals surface area contributed by atoms with Gasteiger partial charge < -0.3 is 19.7 Å². The zero-order valence-corrected chi connectivity index (χ0v) is 15.3. The topological polar surface area (TPSA) is 109 Å². The van der Waals surface area contributed by atoms with Gasteiger partial charge >= 0.3 is 12.5 Å². The highest BCUT2D eigenvalue weighted by molar-refractivity contribution is 5.99. The number of nitrogens with one attached hydrogen (secondary N) is 1. The maximum absolute atomic E-state index is 13.8. The molecule has 30 heavy (non-hydrogen) atoms. The first-order chi connectivity index (χ1) is 14.1. The van der Waals surface area contributed by atoms with Crippen LogP contribution in [0.15, 0.2) is 22.6 Å². The molecule has 0 spiro atoms. The molecule has 0 radical (unpaired) electrons. The quantitative estimate of drug-likeness (QED) is 0.722. The summed E-state index contributed by atoms with van der Waals surface area (Å²) >= 11 is 0. The van der Waals surface area contributed by atoms with Crippen LogP contribution in [0.5, 0.6) is 0 Å². The van der Waals surface area contributed by atoms with Crippen molar-refractivity contribution in [2.45, 2.75) is 50.2 Å². The molecule has 2 heterocycles. The van der Waals surface area contributed by atoms with Gasteiger partial charge in [0.1, 0.15) is 0 Å². The van der Waals surface area contributed by atoms with E-state index in [4.69, 9.17) is 9.52 Å². The molecule has 12 heteroatoms. The van der Waals surface area contributed by atoms with E-state index in [1.54, 1.807) is 6.07 Å². The highest BCUT2D eigenvalue weighted by atomic mass is 19.3. The summed E-state index contributed by atoms with van der Waals surface area (Å²) in [6.45, 7) is 0.120. The van der Waals surface area contributed by atoms with Gasteiger partial charge in [0.15, 0.2) is 0 Å². The van der Waals surface area contributed by atoms with Crippen LogP contribution in [0.4, 0.5) is 22.4 Å². The van der Waals surface area contributed by atoms with Gasteiger partial charge in [0.05, 0.1) is 12.1 Å². The first-order valence-electron chi connectivity index (χ1n) is 9.08. The van der Waals surface area contributed by atoms with E-state index in [1.807, 2.05) is 0 Å². The molecule has 1 aliphatic carbocycles. The molecule has 1 aliphatic heterocycles. The predicted molar refractivity (Wildman–Crippen MR) is 92.1 cm³/mol. The highest BCUT2D eigenvalue weighted by Gasteiger charge is 2.47. The molecule has 1 aromatic heterocycles. The zero-order chi connectivity index (χ0) is 21.6. The Kier molecular flexibility index (Phi) is 4.86. The number of alkyl halides is 4. The Morgan fingerprint density at radius 1 is 1.33 bits per heavy atom. The second-order valence-corrected chi connectivity index (χ2v) is 7.27. The maximum Gasteiger partial charge on any atom is 0.404 e. The minimum atomic E-state index is -3.02. The average molecular weight is 428 g/mol. The fourth-order valence-electron chi connectivity index (χ4n) is 3.96. The summed E-state index contributed by atoms with van der Waals surface area (Å²) in [5.41, 5.74) is 1.11. The Bertz CT molecular complexity index is 996. The van der Waals surface area contributed by atoms with Crippen molar-refractivity contribution in [2.75, 3.05) is 0 Å². The number of hydrogen-bond donors (Lipinski definition) is 2. The number of fused-ring (bicyclic) bond motifs is 1. The number of hydrogen-bond acceptors (Lipinski definition) is 5. The molecule has 2 aliphatic rings. The van der Waals surface area contributed by atoms with Crippen molar-refractivity contribution >= 4 is 12.0 Å². The van der Waals surface area contributed by atoms with Crippen LogP contribution in [0.25, 0.3) is 11.5 Å². The lowest BCUT2D eigenvalue weighted by Crippen LogP contribution is -2.56. The fraction of sp³-hybridized carbons (Fsp3) is 0.444. The molecule has 1 aromatic carbocycles. The van der Waals surface area contributed by atoms with Gasteiger partial charge in [0.25, 0.3) is 11.8 Å². The van der Waals surface area contributed by atoms with Gasteiger partial charge in [0, 0.05) is 30.5 Å². The summed E-state index contributed by atoms with van der Waals surface area (Å²) in [6, 6.07) is 2.68. The Morgan fingerprint density at radius 3 is 2.77 bits per heavy atom. The van der Waals surface area contributed by atoms with Crippen molar-refractivity contribution in [3.63, 3.8) is 0 Å². The molecule has 2 aromatic rings. The van der Waals surface area contributed by atoms with E-state index in [9.17, 15) is 27.2 Å². The first-order valence-corrected chi connectivity index (χ1v) is 9.08. The summed E-state index contributed by atoms with van der Waals surface area (Å²) in [5.74, 6) is -4.51. The monoisotopic (exact) mass is 428 g/mol. The second kappa shape index (κ2) is 7.26. The average Bonchev–Trinajstić information content (AvgIpc) is 3.26. The highest BCUT2D eigenvalue weighted by Crippen LogP contribution is 2.39. The SMILES string of the molecule is O=C(O)N[C@@H]1CC(F)(F)CC[C@H]1N1Cc2ccc(-c3nnc(C(F)F)o3)cc2C1=O. The summed E-state index contributed by atoms with van der Waals surface area (Å²) in [7, 11) is 0. The third-order valence-corrected chi connectivity index (χ3v) is 5.31. The molecular formula is C18H16F4N4O4. The number of halogens is 4. The summed E-state index contributed by atoms with van der Waals surface area (Å²) < 4.78 is 57.8. The van der Waals surface area contributed by atoms with Crippen molar-refractivity contribution in [3.8, 4) is 11.5 Å². The number of nitrogens with zero attached hydrogens (tertiary/aromatic N) is 3. The summed E-state index contributed by atoms with van der Waals surface area (Å²) in [4.78, 5) is 25.4. The first kappa shape index (κ1) is 20.1. The Hall–Kier alpha value is -3.18. The Morgan fingerprint density at radius 2 is 2.10 bits per heavy atom. The van der Waals surface area contributed by atoms with Crippen LogP contribution in [0.2, 0.25) is 0 Å². The second-order valence-electron chi connectivity index (χ2n) is 7.27. The molecule has 8 nitrogen and oxygen atoms in total. The molecule has 0 saturated heterocycles. The van der Waals surface area contributed by atoms with E-state index in [1.165, 1.54) is 17.0 Å². The van der Waals surface area contributed by atoms with Crippen LogP contribution in [-0.4, -0.2) is 50.2 Å². The number of carbonyl (C=O) groups is 2. The van der Waals surface area contributed by atoms with Crippen LogP contribution >= 0.6 is 0 Å². The molecule has 160 valence electrons. The molecular weight excluding hydrogens is 412 g/mol. The third-order valence-electron chi connectivity index (χ3n) is 5.31. The maximum atomic E-state index is 13.8. The lowest BCUT2D eigenvalue weighted by atomic mass is 9.86. The normalized spacial score (nSPS) is 23.0. The molecule has 0 unspecified atom stereocenters. The number of benzene rings is 1. The molecule has 2 atom stereocenters. The van der Waals surface area contributed by atoms with Gasteiger partial charge in [-0.3, -0.25) is 4.79 Å². The van der Waals surface area contributed by atoms with Gasteiger partial charge in [-0.25, -0.2) is 13.6 Å². The van der Waals surface area contributed by atoms with E-state index in [-0.39, 0.29) is 30.0 Å². The van der Waals surface area contributed by atoms with Crippen molar-refractivity contribution in [1.29, 1.82) is 0 Å². The lowest BCUT2D eigenvalue weighted by Gasteiger charge is -2.40. The van der Waals surface area contributed by atoms with Crippen LogP contribution < -0.4 is 5.32 Å². The van der Waals surface area contributed by atoms with Crippen molar-refractivity contribution < 1.29 is 36.7 Å². The molecule has 4 rings (SSSR count). The van der Waals surface area contributed by atoms with Gasteiger partial charge in [-0.05, 0) is 24.1 Å². The third kappa shape index (κ3) is 3.68. The van der Waals surface area contributed by atoms with Crippen molar-refractivity contribution in [2.24, 2.45) is 0 Å². The molecule has 2 amide bonds. The molecule has 2 N–H and O–H groups in total. The van der Waals surface area contributed by atoms with Crippen molar-refractivity contribution in [1.82, 2.24) is 20.4 Å². The van der Waals surface area contributed by atoms with Gasteiger partial charge in [-0.15, -0.1) is 10.2 Å². The summed E-state index contributed by atoms with van der Waals surface area (Å²) in [6.07, 6.45) is -5.60. The van der Waals surface area contributed by atoms with E-state index in [0.717, 1.165) is 0 Å². The van der Waals surface area contributed by atoms with E-state index >= 15 is 0 Å². The lowest BCUT2D eigenvalue weighted by molar-refractivity contribution is -0.0630. The zero-order valence-electron chi connectivity index (χ0n) is 15.3. The molecule has 0 bridgehead atoms. The number of aromatic nitrogens is 2. The van der Waals surface area contributed by atoms with Crippen LogP contribution in [0, 0.1) is 0 Å². The smallest absolute Gasteiger partial charge is 0.404 e. The Balaban J connectivity index is 1.59. The van der Waals surface area contributed by atoms with Crippen molar-refractivity contribution in [3.05, 3.63) is 35.2 Å². The molecule has 1 fully saturated rings. The Labute approximate surface area is 166 Å².